The number of nitrogens with one attached hydrogen (secondary N) is 1. The van der Waals surface area contributed by atoms with E-state index in [9.17, 15) is 19.2 Å². The Bertz CT molecular complexity index is 1070. The lowest BCUT2D eigenvalue weighted by Gasteiger charge is -2.24. The van der Waals surface area contributed by atoms with E-state index in [0.29, 0.717) is 12.2 Å². The van der Waals surface area contributed by atoms with E-state index in [4.69, 9.17) is 4.74 Å². The fraction of sp³-hybridized carbons (Fsp3) is 0.304. The van der Waals surface area contributed by atoms with Crippen LogP contribution >= 0.6 is 0 Å². The molecule has 8 nitrogen and oxygen atoms in total. The van der Waals surface area contributed by atoms with Crippen molar-refractivity contribution in [3.63, 3.8) is 0 Å². The van der Waals surface area contributed by atoms with E-state index in [0.717, 1.165) is 10.5 Å². The molecule has 1 heterocycles. The second-order valence-electron chi connectivity index (χ2n) is 8.42. The third-order valence-corrected chi connectivity index (χ3v) is 4.66. The van der Waals surface area contributed by atoms with Gasteiger partial charge in [0.05, 0.1) is 11.1 Å². The molecule has 0 fully saturated rings. The van der Waals surface area contributed by atoms with Crippen molar-refractivity contribution in [1.82, 2.24) is 9.80 Å². The highest BCUT2D eigenvalue weighted by Gasteiger charge is 2.33. The molecule has 1 N–H and O–H groups in total. The molecule has 4 amide bonds. The number of nitrogens with zero attached hydrogens (tertiary/aromatic N) is 2. The molecule has 31 heavy (non-hydrogen) atoms. The van der Waals surface area contributed by atoms with Crippen molar-refractivity contribution in [2.75, 3.05) is 19.4 Å². The van der Waals surface area contributed by atoms with Crippen molar-refractivity contribution < 1.29 is 23.9 Å². The summed E-state index contributed by atoms with van der Waals surface area (Å²) in [6.07, 6.45) is -0.440. The van der Waals surface area contributed by atoms with Crippen molar-refractivity contribution >= 4 is 29.5 Å². The van der Waals surface area contributed by atoms with Crippen LogP contribution in [0.15, 0.2) is 42.5 Å². The molecule has 2 aromatic carbocycles. The fourth-order valence-electron chi connectivity index (χ4n) is 3.13. The average molecular weight is 423 g/mol. The Balaban J connectivity index is 1.70. The highest BCUT2D eigenvalue weighted by molar-refractivity contribution is 6.22. The normalized spacial score (nSPS) is 13.1. The summed E-state index contributed by atoms with van der Waals surface area (Å²) in [7, 11) is 3.05. The molecule has 2 aromatic rings. The molecular formula is C23H25N3O5. The number of imide groups is 1. The molecule has 162 valence electrons. The number of hydrogen-bond acceptors (Lipinski definition) is 5. The summed E-state index contributed by atoms with van der Waals surface area (Å²) in [6, 6.07) is 11.5. The Morgan fingerprint density at radius 3 is 2.39 bits per heavy atom. The molecule has 0 unspecified atom stereocenters. The minimum absolute atomic E-state index is 0.216. The van der Waals surface area contributed by atoms with Crippen LogP contribution in [0.2, 0.25) is 0 Å². The van der Waals surface area contributed by atoms with Gasteiger partial charge in [-0.05, 0) is 56.7 Å². The predicted molar refractivity (Wildman–Crippen MR) is 115 cm³/mol. The summed E-state index contributed by atoms with van der Waals surface area (Å²) in [4.78, 5) is 51.5. The molecule has 3 rings (SSSR count). The fourth-order valence-corrected chi connectivity index (χ4v) is 3.13. The third-order valence-electron chi connectivity index (χ3n) is 4.66. The van der Waals surface area contributed by atoms with Crippen LogP contribution in [-0.4, -0.2) is 53.3 Å². The first kappa shape index (κ1) is 22.0. The van der Waals surface area contributed by atoms with E-state index in [2.05, 4.69) is 5.32 Å². The van der Waals surface area contributed by atoms with Gasteiger partial charge in [-0.25, -0.2) is 4.79 Å². The highest BCUT2D eigenvalue weighted by Crippen LogP contribution is 2.23. The van der Waals surface area contributed by atoms with Crippen LogP contribution in [0.4, 0.5) is 10.5 Å². The summed E-state index contributed by atoms with van der Waals surface area (Å²) in [5.41, 5.74) is 1.54. The van der Waals surface area contributed by atoms with Crippen LogP contribution < -0.4 is 5.32 Å². The van der Waals surface area contributed by atoms with Crippen molar-refractivity contribution in [3.05, 3.63) is 64.7 Å². The smallest absolute Gasteiger partial charge is 0.410 e. The molecule has 8 heteroatoms. The van der Waals surface area contributed by atoms with E-state index in [1.807, 2.05) is 6.07 Å². The van der Waals surface area contributed by atoms with Gasteiger partial charge in [-0.1, -0.05) is 12.1 Å². The number of hydrogen-bond donors (Lipinski definition) is 1. The van der Waals surface area contributed by atoms with Crippen molar-refractivity contribution in [2.24, 2.45) is 0 Å². The zero-order valence-corrected chi connectivity index (χ0v) is 18.2. The zero-order valence-electron chi connectivity index (χ0n) is 18.2. The molecule has 0 atom stereocenters. The average Bonchev–Trinajstić information content (AvgIpc) is 2.90. The van der Waals surface area contributed by atoms with Crippen molar-refractivity contribution in [3.8, 4) is 0 Å². The minimum Gasteiger partial charge on any atom is -0.444 e. The maximum Gasteiger partial charge on any atom is 0.410 e. The lowest BCUT2D eigenvalue weighted by molar-refractivity contribution is 0.0284. The van der Waals surface area contributed by atoms with Crippen LogP contribution in [0.1, 0.15) is 57.4 Å². The van der Waals surface area contributed by atoms with E-state index in [1.165, 1.54) is 30.1 Å². The number of ether oxygens (including phenoxy) is 1. The quantitative estimate of drug-likeness (QED) is 0.759. The van der Waals surface area contributed by atoms with E-state index >= 15 is 0 Å². The Morgan fingerprint density at radius 1 is 1.03 bits per heavy atom. The topological polar surface area (TPSA) is 96.0 Å². The molecule has 0 spiro atoms. The zero-order chi connectivity index (χ0) is 22.9. The van der Waals surface area contributed by atoms with E-state index < -0.39 is 23.5 Å². The number of amides is 4. The predicted octanol–water partition coefficient (Wildman–Crippen LogP) is 3.53. The first-order chi connectivity index (χ1) is 14.5. The number of carbonyl (C=O) groups excluding carboxylic acids is 4. The number of rotatable bonds is 4. The Hall–Kier alpha value is -3.68. The van der Waals surface area contributed by atoms with Gasteiger partial charge in [0.25, 0.3) is 17.7 Å². The highest BCUT2D eigenvalue weighted by atomic mass is 16.6. The number of carbonyl (C=O) groups is 4. The van der Waals surface area contributed by atoms with Crippen molar-refractivity contribution in [2.45, 2.75) is 32.9 Å². The van der Waals surface area contributed by atoms with Crippen molar-refractivity contribution in [1.29, 1.82) is 0 Å². The van der Waals surface area contributed by atoms with Crippen LogP contribution in [-0.2, 0) is 11.3 Å². The van der Waals surface area contributed by atoms with Gasteiger partial charge in [0.2, 0.25) is 0 Å². The monoisotopic (exact) mass is 423 g/mol. The molecule has 1 aliphatic heterocycles. The number of fused-ring (bicyclic) bond motifs is 1. The largest absolute Gasteiger partial charge is 0.444 e. The van der Waals surface area contributed by atoms with Crippen LogP contribution in [0.5, 0.6) is 0 Å². The first-order valence-corrected chi connectivity index (χ1v) is 9.77. The Kier molecular flexibility index (Phi) is 5.83. The Labute approximate surface area is 180 Å². The van der Waals surface area contributed by atoms with Crippen LogP contribution in [0.3, 0.4) is 0 Å². The summed E-state index contributed by atoms with van der Waals surface area (Å²) < 4.78 is 5.35. The molecule has 0 saturated carbocycles. The maximum absolute atomic E-state index is 12.7. The molecular weight excluding hydrogens is 398 g/mol. The van der Waals surface area contributed by atoms with Gasteiger partial charge in [0, 0.05) is 31.9 Å². The van der Waals surface area contributed by atoms with Gasteiger partial charge in [-0.3, -0.25) is 19.3 Å². The molecule has 0 radical (unpaired) electrons. The van der Waals surface area contributed by atoms with Crippen LogP contribution in [0.25, 0.3) is 0 Å². The van der Waals surface area contributed by atoms with Gasteiger partial charge >= 0.3 is 6.09 Å². The summed E-state index contributed by atoms with van der Waals surface area (Å²) in [5, 5.41) is 2.78. The number of benzene rings is 2. The van der Waals surface area contributed by atoms with E-state index in [-0.39, 0.29) is 22.6 Å². The minimum atomic E-state index is -0.585. The molecule has 0 saturated heterocycles. The maximum atomic E-state index is 12.7. The number of anilines is 1. The lowest BCUT2D eigenvalue weighted by atomic mass is 10.1. The first-order valence-electron chi connectivity index (χ1n) is 9.77. The second-order valence-corrected chi connectivity index (χ2v) is 8.42. The van der Waals surface area contributed by atoms with Gasteiger partial charge in [0.15, 0.2) is 0 Å². The molecule has 0 bridgehead atoms. The van der Waals surface area contributed by atoms with Gasteiger partial charge in [-0.15, -0.1) is 0 Å². The van der Waals surface area contributed by atoms with Gasteiger partial charge in [-0.2, -0.15) is 0 Å². The standard InChI is InChI=1S/C23H25N3O5/c1-23(2,3)31-22(30)25(4)13-14-7-6-8-16(11-14)24-19(27)15-9-10-17-18(12-15)21(29)26(5)20(17)28/h6-12H,13H2,1-5H3,(H,24,27). The molecule has 1 aliphatic rings. The van der Waals surface area contributed by atoms with E-state index in [1.54, 1.807) is 46.0 Å². The third kappa shape index (κ3) is 4.91. The molecule has 0 aromatic heterocycles. The van der Waals surface area contributed by atoms with Crippen LogP contribution in [0, 0.1) is 0 Å². The lowest BCUT2D eigenvalue weighted by Crippen LogP contribution is -2.33. The summed E-state index contributed by atoms with van der Waals surface area (Å²) in [5.74, 6) is -1.22. The van der Waals surface area contributed by atoms with Gasteiger partial charge < -0.3 is 15.0 Å². The SMILES string of the molecule is CN(Cc1cccc(NC(=O)c2ccc3c(c2)C(=O)N(C)C3=O)c1)C(=O)OC(C)(C)C. The molecule has 0 aliphatic carbocycles. The Morgan fingerprint density at radius 2 is 1.71 bits per heavy atom. The second kappa shape index (κ2) is 8.22. The summed E-state index contributed by atoms with van der Waals surface area (Å²) in [6.45, 7) is 5.71. The van der Waals surface area contributed by atoms with Gasteiger partial charge in [0.1, 0.15) is 5.60 Å². The summed E-state index contributed by atoms with van der Waals surface area (Å²) >= 11 is 0.